The van der Waals surface area contributed by atoms with Gasteiger partial charge >= 0.3 is 0 Å². The highest BCUT2D eigenvalue weighted by atomic mass is 16.1. The predicted molar refractivity (Wildman–Crippen MR) is 51.3 cm³/mol. The van der Waals surface area contributed by atoms with E-state index in [1.54, 1.807) is 0 Å². The Morgan fingerprint density at radius 3 is 2.62 bits per heavy atom. The molecular formula is C12H18O. The molecule has 1 nitrogen and oxygen atoms in total. The maximum absolute atomic E-state index is 11.8. The molecule has 0 bridgehead atoms. The van der Waals surface area contributed by atoms with Crippen LogP contribution in [0.4, 0.5) is 0 Å². The fraction of sp³-hybridized carbons (Fsp3) is 0.917. The van der Waals surface area contributed by atoms with Crippen LogP contribution in [0.2, 0.25) is 0 Å². The number of fused-ring (bicyclic) bond motifs is 3. The minimum atomic E-state index is 0.499. The lowest BCUT2D eigenvalue weighted by Crippen LogP contribution is -2.35. The van der Waals surface area contributed by atoms with Crippen molar-refractivity contribution in [2.45, 2.75) is 44.9 Å². The van der Waals surface area contributed by atoms with Crippen LogP contribution in [0.3, 0.4) is 0 Å². The van der Waals surface area contributed by atoms with Gasteiger partial charge in [-0.25, -0.2) is 0 Å². The largest absolute Gasteiger partial charge is 0.299 e. The molecule has 3 aliphatic rings. The Bertz CT molecular complexity index is 233. The summed E-state index contributed by atoms with van der Waals surface area (Å²) >= 11 is 0. The molecule has 3 rings (SSSR count). The molecule has 72 valence electrons. The molecule has 0 radical (unpaired) electrons. The number of hydrogen-bond acceptors (Lipinski definition) is 1. The fourth-order valence-electron chi connectivity index (χ4n) is 4.19. The Morgan fingerprint density at radius 2 is 1.69 bits per heavy atom. The zero-order chi connectivity index (χ0) is 8.84. The van der Waals surface area contributed by atoms with E-state index in [9.17, 15) is 4.79 Å². The standard InChI is InChI=1S/C12H18O/c13-12-7-8-3-1-4-9(8)10-5-2-6-11(10)12/h8-11H,1-7H2/t8-,9-,10-,11+/m0/s1. The minimum Gasteiger partial charge on any atom is -0.299 e. The van der Waals surface area contributed by atoms with Crippen LogP contribution >= 0.6 is 0 Å². The first kappa shape index (κ1) is 8.02. The monoisotopic (exact) mass is 178 g/mol. The summed E-state index contributed by atoms with van der Waals surface area (Å²) < 4.78 is 0. The Balaban J connectivity index is 1.88. The van der Waals surface area contributed by atoms with Gasteiger partial charge in [0, 0.05) is 12.3 Å². The van der Waals surface area contributed by atoms with Gasteiger partial charge in [0.2, 0.25) is 0 Å². The van der Waals surface area contributed by atoms with Gasteiger partial charge in [0.25, 0.3) is 0 Å². The van der Waals surface area contributed by atoms with Gasteiger partial charge < -0.3 is 0 Å². The maximum atomic E-state index is 11.8. The molecule has 0 aromatic rings. The third-order valence-electron chi connectivity index (χ3n) is 4.71. The molecule has 4 atom stereocenters. The highest BCUT2D eigenvalue weighted by Gasteiger charge is 2.47. The summed E-state index contributed by atoms with van der Waals surface area (Å²) in [4.78, 5) is 11.8. The Kier molecular flexibility index (Phi) is 1.75. The zero-order valence-electron chi connectivity index (χ0n) is 8.17. The first-order valence-corrected chi connectivity index (χ1v) is 5.89. The van der Waals surface area contributed by atoms with E-state index in [1.165, 1.54) is 38.5 Å². The molecule has 0 aromatic heterocycles. The van der Waals surface area contributed by atoms with Crippen LogP contribution in [0.5, 0.6) is 0 Å². The molecule has 0 amide bonds. The number of rotatable bonds is 0. The van der Waals surface area contributed by atoms with Crippen LogP contribution < -0.4 is 0 Å². The molecule has 0 N–H and O–H groups in total. The van der Waals surface area contributed by atoms with Gasteiger partial charge in [-0.1, -0.05) is 12.8 Å². The second-order valence-electron chi connectivity index (χ2n) is 5.23. The van der Waals surface area contributed by atoms with E-state index in [1.807, 2.05) is 0 Å². The summed E-state index contributed by atoms with van der Waals surface area (Å²) in [5, 5.41) is 0. The number of ketones is 1. The third kappa shape index (κ3) is 1.09. The lowest BCUT2D eigenvalue weighted by Gasteiger charge is -2.35. The quantitative estimate of drug-likeness (QED) is 0.557. The normalized spacial score (nSPS) is 49.1. The summed E-state index contributed by atoms with van der Waals surface area (Å²) in [5.74, 6) is 3.68. The summed E-state index contributed by atoms with van der Waals surface area (Å²) in [6, 6.07) is 0. The van der Waals surface area contributed by atoms with Gasteiger partial charge in [-0.2, -0.15) is 0 Å². The highest BCUT2D eigenvalue weighted by Crippen LogP contribution is 2.52. The molecule has 0 heterocycles. The van der Waals surface area contributed by atoms with Gasteiger partial charge in [-0.15, -0.1) is 0 Å². The minimum absolute atomic E-state index is 0.499. The number of Topliss-reactive ketones (excluding diaryl/α,β-unsaturated/α-hetero) is 1. The van der Waals surface area contributed by atoms with Crippen LogP contribution in [-0.2, 0) is 4.79 Å². The smallest absolute Gasteiger partial charge is 0.136 e. The Morgan fingerprint density at radius 1 is 0.923 bits per heavy atom. The fourth-order valence-corrected chi connectivity index (χ4v) is 4.19. The van der Waals surface area contributed by atoms with E-state index >= 15 is 0 Å². The van der Waals surface area contributed by atoms with Crippen molar-refractivity contribution in [3.8, 4) is 0 Å². The SMILES string of the molecule is O=C1C[C@@H]2CCC[C@@H]2[C@@H]2CCC[C@@H]12. The molecule has 0 aromatic carbocycles. The lowest BCUT2D eigenvalue weighted by molar-refractivity contribution is -0.129. The van der Waals surface area contributed by atoms with Gasteiger partial charge in [-0.05, 0) is 43.4 Å². The molecule has 1 heteroatoms. The highest BCUT2D eigenvalue weighted by molar-refractivity contribution is 5.82. The van der Waals surface area contributed by atoms with E-state index < -0.39 is 0 Å². The van der Waals surface area contributed by atoms with Gasteiger partial charge in [0.15, 0.2) is 0 Å². The second-order valence-corrected chi connectivity index (χ2v) is 5.23. The topological polar surface area (TPSA) is 17.1 Å². The molecule has 3 saturated carbocycles. The predicted octanol–water partition coefficient (Wildman–Crippen LogP) is 2.79. The summed E-state index contributed by atoms with van der Waals surface area (Å²) in [6.45, 7) is 0. The van der Waals surface area contributed by atoms with Gasteiger partial charge in [0.05, 0.1) is 0 Å². The first-order valence-electron chi connectivity index (χ1n) is 5.89. The Labute approximate surface area is 79.9 Å². The van der Waals surface area contributed by atoms with Crippen molar-refractivity contribution < 1.29 is 4.79 Å². The van der Waals surface area contributed by atoms with Crippen LogP contribution in [0.15, 0.2) is 0 Å². The van der Waals surface area contributed by atoms with E-state index in [-0.39, 0.29) is 0 Å². The third-order valence-corrected chi connectivity index (χ3v) is 4.71. The second kappa shape index (κ2) is 2.83. The van der Waals surface area contributed by atoms with Crippen molar-refractivity contribution in [3.05, 3.63) is 0 Å². The van der Waals surface area contributed by atoms with E-state index in [2.05, 4.69) is 0 Å². The average Bonchev–Trinajstić information content (AvgIpc) is 2.66. The molecular weight excluding hydrogens is 160 g/mol. The van der Waals surface area contributed by atoms with Crippen molar-refractivity contribution in [2.24, 2.45) is 23.7 Å². The van der Waals surface area contributed by atoms with Gasteiger partial charge in [0.1, 0.15) is 5.78 Å². The number of hydrogen-bond donors (Lipinski definition) is 0. The molecule has 0 saturated heterocycles. The molecule has 0 spiro atoms. The molecule has 3 aliphatic carbocycles. The summed E-state index contributed by atoms with van der Waals surface area (Å²) in [7, 11) is 0. The average molecular weight is 178 g/mol. The van der Waals surface area contributed by atoms with Crippen LogP contribution in [0, 0.1) is 23.7 Å². The zero-order valence-corrected chi connectivity index (χ0v) is 8.17. The molecule has 13 heavy (non-hydrogen) atoms. The van der Waals surface area contributed by atoms with Crippen molar-refractivity contribution >= 4 is 5.78 Å². The van der Waals surface area contributed by atoms with Crippen molar-refractivity contribution in [2.75, 3.05) is 0 Å². The van der Waals surface area contributed by atoms with E-state index in [0.717, 1.165) is 24.2 Å². The maximum Gasteiger partial charge on any atom is 0.136 e. The molecule has 0 unspecified atom stereocenters. The first-order chi connectivity index (χ1) is 6.36. The number of carbonyl (C=O) groups is 1. The summed E-state index contributed by atoms with van der Waals surface area (Å²) in [5.41, 5.74) is 0. The lowest BCUT2D eigenvalue weighted by atomic mass is 9.69. The molecule has 3 fully saturated rings. The van der Waals surface area contributed by atoms with Crippen molar-refractivity contribution in [1.29, 1.82) is 0 Å². The summed E-state index contributed by atoms with van der Waals surface area (Å²) in [6.07, 6.45) is 9.00. The Hall–Kier alpha value is -0.330. The van der Waals surface area contributed by atoms with Crippen molar-refractivity contribution in [1.82, 2.24) is 0 Å². The van der Waals surface area contributed by atoms with Crippen molar-refractivity contribution in [3.63, 3.8) is 0 Å². The van der Waals surface area contributed by atoms with Crippen LogP contribution in [0.1, 0.15) is 44.9 Å². The van der Waals surface area contributed by atoms with Crippen LogP contribution in [0.25, 0.3) is 0 Å². The van der Waals surface area contributed by atoms with E-state index in [0.29, 0.717) is 11.7 Å². The number of carbonyl (C=O) groups excluding carboxylic acids is 1. The van der Waals surface area contributed by atoms with E-state index in [4.69, 9.17) is 0 Å². The van der Waals surface area contributed by atoms with Crippen LogP contribution in [-0.4, -0.2) is 5.78 Å². The molecule has 0 aliphatic heterocycles. The van der Waals surface area contributed by atoms with Gasteiger partial charge in [-0.3, -0.25) is 4.79 Å².